The molecule has 3 heterocycles. The van der Waals surface area contributed by atoms with E-state index in [1.54, 1.807) is 36.9 Å². The van der Waals surface area contributed by atoms with Crippen LogP contribution in [0, 0.1) is 12.7 Å². The lowest BCUT2D eigenvalue weighted by molar-refractivity contribution is -0.577. The summed E-state index contributed by atoms with van der Waals surface area (Å²) in [5, 5.41) is 3.08. The molecule has 1 aliphatic heterocycles. The number of aromatic amines is 1. The van der Waals surface area contributed by atoms with Crippen molar-refractivity contribution in [3.63, 3.8) is 0 Å². The summed E-state index contributed by atoms with van der Waals surface area (Å²) in [5.74, 6) is -1.37. The first kappa shape index (κ1) is 22.4. The summed E-state index contributed by atoms with van der Waals surface area (Å²) in [4.78, 5) is 41.8. The van der Waals surface area contributed by atoms with Crippen molar-refractivity contribution >= 4 is 23.1 Å². The maximum Gasteiger partial charge on any atom is 0.327 e. The third-order valence-corrected chi connectivity index (χ3v) is 5.61. The van der Waals surface area contributed by atoms with Gasteiger partial charge in [0.05, 0.1) is 11.3 Å². The Bertz CT molecular complexity index is 1330. The zero-order valence-electron chi connectivity index (χ0n) is 19.1. The molecule has 0 saturated carbocycles. The number of carbonyl (C=O) groups excluding carboxylic acids is 2. The van der Waals surface area contributed by atoms with Gasteiger partial charge in [-0.1, -0.05) is 13.3 Å². The molecule has 33 heavy (non-hydrogen) atoms. The van der Waals surface area contributed by atoms with E-state index in [4.69, 9.17) is 0 Å². The van der Waals surface area contributed by atoms with Crippen LogP contribution < -0.4 is 10.1 Å². The highest BCUT2D eigenvalue weighted by molar-refractivity contribution is 6.44. The summed E-state index contributed by atoms with van der Waals surface area (Å²) < 4.78 is 16.3. The Morgan fingerprint density at radius 1 is 1.06 bits per heavy atom. The summed E-state index contributed by atoms with van der Waals surface area (Å²) >= 11 is 0. The zero-order chi connectivity index (χ0) is 23.9. The number of hydrogen-bond donors (Lipinski definition) is 1. The molecule has 7 nitrogen and oxygen atoms in total. The van der Waals surface area contributed by atoms with E-state index in [-0.39, 0.29) is 22.9 Å². The number of aromatic nitrogens is 3. The number of nitrogens with zero attached hydrogens (tertiary/aromatic N) is 3. The SMILES string of the molecule is CCCc1[nH]n(-c2ccc(F)cc2)c(=O)c1C1=C([n+]2cccc(C)c2)C(=O)N(C(C)C)C1=O. The van der Waals surface area contributed by atoms with Crippen molar-refractivity contribution in [3.05, 3.63) is 81.8 Å². The van der Waals surface area contributed by atoms with Crippen molar-refractivity contribution in [1.29, 1.82) is 0 Å². The Hall–Kier alpha value is -3.81. The molecule has 4 rings (SSSR count). The Morgan fingerprint density at radius 3 is 2.36 bits per heavy atom. The number of nitrogens with one attached hydrogen (secondary N) is 1. The molecule has 0 fully saturated rings. The van der Waals surface area contributed by atoms with Gasteiger partial charge >= 0.3 is 5.91 Å². The Morgan fingerprint density at radius 2 is 1.76 bits per heavy atom. The van der Waals surface area contributed by atoms with Gasteiger partial charge in [-0.2, -0.15) is 4.57 Å². The molecular formula is C25H26FN4O3+. The molecule has 0 unspecified atom stereocenters. The van der Waals surface area contributed by atoms with Crippen molar-refractivity contribution in [2.75, 3.05) is 0 Å². The number of benzene rings is 1. The first-order valence-corrected chi connectivity index (χ1v) is 10.9. The smallest absolute Gasteiger partial charge is 0.294 e. The number of aryl methyl sites for hydroxylation is 2. The van der Waals surface area contributed by atoms with Crippen LogP contribution in [-0.2, 0) is 16.0 Å². The van der Waals surface area contributed by atoms with Gasteiger partial charge in [-0.05, 0) is 57.5 Å². The number of imide groups is 1. The van der Waals surface area contributed by atoms with E-state index in [9.17, 15) is 18.8 Å². The van der Waals surface area contributed by atoms with Gasteiger partial charge in [-0.25, -0.2) is 9.07 Å². The summed E-state index contributed by atoms with van der Waals surface area (Å²) in [6, 6.07) is 8.80. The second kappa shape index (κ2) is 8.61. The molecule has 3 aromatic rings. The molecule has 0 atom stereocenters. The Balaban J connectivity index is 2.03. The number of pyridine rings is 1. The van der Waals surface area contributed by atoms with Gasteiger partial charge in [0.25, 0.3) is 17.2 Å². The maximum absolute atomic E-state index is 13.6. The van der Waals surface area contributed by atoms with Crippen LogP contribution in [0.3, 0.4) is 0 Å². The van der Waals surface area contributed by atoms with Gasteiger partial charge in [0.2, 0.25) is 0 Å². The van der Waals surface area contributed by atoms with Crippen LogP contribution in [-0.4, -0.2) is 32.5 Å². The number of halogens is 1. The van der Waals surface area contributed by atoms with Crippen LogP contribution >= 0.6 is 0 Å². The number of H-pyrrole nitrogens is 1. The van der Waals surface area contributed by atoms with E-state index in [0.717, 1.165) is 5.56 Å². The lowest BCUT2D eigenvalue weighted by atomic mass is 10.0. The topological polar surface area (TPSA) is 79.1 Å². The third kappa shape index (κ3) is 3.82. The van der Waals surface area contributed by atoms with Crippen LogP contribution in [0.2, 0.25) is 0 Å². The van der Waals surface area contributed by atoms with E-state index in [2.05, 4.69) is 5.10 Å². The van der Waals surface area contributed by atoms with E-state index >= 15 is 0 Å². The first-order valence-electron chi connectivity index (χ1n) is 10.9. The van der Waals surface area contributed by atoms with Gasteiger partial charge in [-0.3, -0.25) is 24.4 Å². The predicted octanol–water partition coefficient (Wildman–Crippen LogP) is 3.00. The summed E-state index contributed by atoms with van der Waals surface area (Å²) in [6.45, 7) is 7.37. The minimum Gasteiger partial charge on any atom is -0.294 e. The van der Waals surface area contributed by atoms with Gasteiger partial charge < -0.3 is 0 Å². The maximum atomic E-state index is 13.6. The molecule has 0 spiro atoms. The second-order valence-electron chi connectivity index (χ2n) is 8.42. The molecule has 0 bridgehead atoms. The van der Waals surface area contributed by atoms with E-state index in [0.29, 0.717) is 24.2 Å². The molecule has 0 saturated heterocycles. The molecule has 1 aliphatic rings. The highest BCUT2D eigenvalue weighted by atomic mass is 19.1. The van der Waals surface area contributed by atoms with Crippen LogP contribution in [0.25, 0.3) is 17.0 Å². The van der Waals surface area contributed by atoms with Crippen molar-refractivity contribution in [2.45, 2.75) is 46.6 Å². The number of amides is 2. The normalized spacial score (nSPS) is 14.2. The fraction of sp³-hybridized carbons (Fsp3) is 0.280. The monoisotopic (exact) mass is 449 g/mol. The average Bonchev–Trinajstić information content (AvgIpc) is 3.21. The minimum absolute atomic E-state index is 0.0786. The minimum atomic E-state index is -0.501. The molecule has 1 N–H and O–H groups in total. The van der Waals surface area contributed by atoms with Crippen LogP contribution in [0.4, 0.5) is 4.39 Å². The van der Waals surface area contributed by atoms with Crippen molar-refractivity contribution in [2.24, 2.45) is 0 Å². The van der Waals surface area contributed by atoms with Gasteiger partial charge in [0.15, 0.2) is 12.4 Å². The Labute approximate surface area is 190 Å². The number of hydrogen-bond acceptors (Lipinski definition) is 3. The van der Waals surface area contributed by atoms with Gasteiger partial charge in [-0.15, -0.1) is 0 Å². The molecule has 0 aliphatic carbocycles. The largest absolute Gasteiger partial charge is 0.327 e. The lowest BCUT2D eigenvalue weighted by Gasteiger charge is -2.17. The molecule has 2 aromatic heterocycles. The summed E-state index contributed by atoms with van der Waals surface area (Å²) in [7, 11) is 0. The van der Waals surface area contributed by atoms with Crippen molar-refractivity contribution < 1.29 is 18.5 Å². The molecule has 0 radical (unpaired) electrons. The lowest BCUT2D eigenvalue weighted by Crippen LogP contribution is -2.42. The van der Waals surface area contributed by atoms with Gasteiger partial charge in [0, 0.05) is 23.4 Å². The highest BCUT2D eigenvalue weighted by Crippen LogP contribution is 2.31. The molecule has 1 aromatic carbocycles. The third-order valence-electron chi connectivity index (χ3n) is 5.61. The first-order chi connectivity index (χ1) is 15.7. The average molecular weight is 450 g/mol. The second-order valence-corrected chi connectivity index (χ2v) is 8.42. The quantitative estimate of drug-likeness (QED) is 0.464. The molecule has 8 heteroatoms. The van der Waals surface area contributed by atoms with Crippen molar-refractivity contribution in [3.8, 4) is 5.69 Å². The van der Waals surface area contributed by atoms with Gasteiger partial charge in [0.1, 0.15) is 11.4 Å². The Kier molecular flexibility index (Phi) is 5.84. The van der Waals surface area contributed by atoms with Crippen LogP contribution in [0.1, 0.15) is 44.0 Å². The van der Waals surface area contributed by atoms with E-state index in [1.807, 2.05) is 19.9 Å². The highest BCUT2D eigenvalue weighted by Gasteiger charge is 2.48. The van der Waals surface area contributed by atoms with E-state index in [1.165, 1.54) is 33.8 Å². The zero-order valence-corrected chi connectivity index (χ0v) is 19.1. The summed E-state index contributed by atoms with van der Waals surface area (Å²) in [5.41, 5.74) is 1.84. The predicted molar refractivity (Wildman–Crippen MR) is 122 cm³/mol. The van der Waals surface area contributed by atoms with E-state index < -0.39 is 23.2 Å². The molecule has 170 valence electrons. The number of rotatable bonds is 6. The number of carbonyl (C=O) groups is 2. The fourth-order valence-corrected chi connectivity index (χ4v) is 4.14. The standard InChI is InChI=1S/C25H25FN4O3/c1-5-7-19-20(24(32)30(27-19)18-11-9-17(26)10-12-18)21-22(28-13-6-8-16(4)14-28)25(33)29(15(2)3)23(21)31/h6,8-15H,5,7H2,1-4H3/p+1. The van der Waals surface area contributed by atoms with Crippen LogP contribution in [0.5, 0.6) is 0 Å². The van der Waals surface area contributed by atoms with Crippen LogP contribution in [0.15, 0.2) is 53.6 Å². The fourth-order valence-electron chi connectivity index (χ4n) is 4.14. The molecular weight excluding hydrogens is 423 g/mol. The molecule has 2 amide bonds. The van der Waals surface area contributed by atoms with Crippen molar-refractivity contribution in [1.82, 2.24) is 14.7 Å². The summed E-state index contributed by atoms with van der Waals surface area (Å²) in [6.07, 6.45) is 4.67.